The van der Waals surface area contributed by atoms with E-state index in [1.54, 1.807) is 0 Å². The number of carbonyl (C=O) groups excluding carboxylic acids is 1. The highest BCUT2D eigenvalue weighted by molar-refractivity contribution is 5.88. The van der Waals surface area contributed by atoms with Crippen molar-refractivity contribution >= 4 is 11.9 Å². The second-order valence-electron chi connectivity index (χ2n) is 6.12. The van der Waals surface area contributed by atoms with Crippen molar-refractivity contribution in [3.8, 4) is 12.8 Å². The van der Waals surface area contributed by atoms with Crippen LogP contribution in [0.15, 0.2) is 0 Å². The van der Waals surface area contributed by atoms with Crippen LogP contribution in [0.1, 0.15) is 40.5 Å². The molecule has 3 N–H and O–H groups in total. The molecule has 1 rings (SSSR count). The van der Waals surface area contributed by atoms with Crippen molar-refractivity contribution in [2.45, 2.75) is 52.6 Å². The second-order valence-corrected chi connectivity index (χ2v) is 6.12. The van der Waals surface area contributed by atoms with Crippen molar-refractivity contribution < 1.29 is 14.7 Å². The average molecular weight is 282 g/mol. The van der Waals surface area contributed by atoms with E-state index in [1.165, 1.54) is 4.90 Å². The normalized spacial score (nSPS) is 23.6. The summed E-state index contributed by atoms with van der Waals surface area (Å²) in [7, 11) is 0. The number of nitrogens with zero attached hydrogens (tertiary/aromatic N) is 1. The van der Waals surface area contributed by atoms with E-state index in [4.69, 9.17) is 5.73 Å². The van der Waals surface area contributed by atoms with Crippen molar-refractivity contribution in [1.82, 2.24) is 4.90 Å². The Labute approximate surface area is 121 Å². The molecule has 1 amide bonds. The van der Waals surface area contributed by atoms with Gasteiger partial charge in [0, 0.05) is 6.54 Å². The van der Waals surface area contributed by atoms with Crippen LogP contribution in [-0.2, 0) is 9.59 Å². The third-order valence-electron chi connectivity index (χ3n) is 3.78. The number of terminal acetylenes is 1. The average Bonchev–Trinajstić information content (AvgIpc) is 2.82. The molecule has 0 aliphatic carbocycles. The smallest absolute Gasteiger partial charge is 0.326 e. The first-order valence-corrected chi connectivity index (χ1v) is 6.82. The van der Waals surface area contributed by atoms with Gasteiger partial charge in [-0.3, -0.25) is 4.79 Å². The molecule has 1 heterocycles. The van der Waals surface area contributed by atoms with Crippen LogP contribution < -0.4 is 5.73 Å². The van der Waals surface area contributed by atoms with Gasteiger partial charge in [0.25, 0.3) is 0 Å². The minimum absolute atomic E-state index is 0.0404. The first-order valence-electron chi connectivity index (χ1n) is 6.82. The van der Waals surface area contributed by atoms with E-state index >= 15 is 0 Å². The Hall–Kier alpha value is -1.54. The van der Waals surface area contributed by atoms with Gasteiger partial charge in [0.05, 0.1) is 6.04 Å². The van der Waals surface area contributed by atoms with E-state index in [2.05, 4.69) is 12.8 Å². The number of carbonyl (C=O) groups is 2. The van der Waals surface area contributed by atoms with Crippen LogP contribution >= 0.6 is 0 Å². The highest BCUT2D eigenvalue weighted by atomic mass is 16.4. The highest BCUT2D eigenvalue weighted by Gasteiger charge is 2.43. The fraction of sp³-hybridized carbons (Fsp3) is 0.733. The molecule has 0 aromatic heterocycles. The van der Waals surface area contributed by atoms with E-state index in [-0.39, 0.29) is 17.2 Å². The summed E-state index contributed by atoms with van der Waals surface area (Å²) in [5.41, 5.74) is 5.58. The summed E-state index contributed by atoms with van der Waals surface area (Å²) in [6, 6.07) is -1.37. The number of carboxylic acid groups (broad SMARTS) is 1. The molecule has 114 valence electrons. The maximum Gasteiger partial charge on any atom is 0.326 e. The first-order chi connectivity index (χ1) is 9.20. The molecule has 1 aliphatic heterocycles. The van der Waals surface area contributed by atoms with Crippen LogP contribution in [0, 0.1) is 24.2 Å². The third-order valence-corrected chi connectivity index (χ3v) is 3.78. The summed E-state index contributed by atoms with van der Waals surface area (Å²) < 4.78 is 0. The van der Waals surface area contributed by atoms with Gasteiger partial charge < -0.3 is 15.7 Å². The zero-order valence-electron chi connectivity index (χ0n) is 12.8. The van der Waals surface area contributed by atoms with Gasteiger partial charge in [-0.25, -0.2) is 4.79 Å². The minimum atomic E-state index is -0.922. The third kappa shape index (κ3) is 3.97. The molecular formula is C15H26N2O3. The van der Waals surface area contributed by atoms with Crippen molar-refractivity contribution in [2.24, 2.45) is 17.1 Å². The van der Waals surface area contributed by atoms with Crippen LogP contribution in [0.3, 0.4) is 0 Å². The zero-order valence-corrected chi connectivity index (χ0v) is 12.8. The van der Waals surface area contributed by atoms with E-state index in [9.17, 15) is 14.7 Å². The molecule has 3 atom stereocenters. The molecule has 5 heteroatoms. The highest BCUT2D eigenvalue weighted by Crippen LogP contribution is 2.29. The van der Waals surface area contributed by atoms with Gasteiger partial charge in [0.1, 0.15) is 6.04 Å². The van der Waals surface area contributed by atoms with Crippen LogP contribution in [0.25, 0.3) is 0 Å². The largest absolute Gasteiger partial charge is 0.480 e. The SMILES string of the molecule is C#C.CCC1CCN(C(=O)C(N)C(C)(C)C)[C@@H]1C(=O)O. The van der Waals surface area contributed by atoms with Crippen LogP contribution in [-0.4, -0.2) is 40.5 Å². The summed E-state index contributed by atoms with van der Waals surface area (Å²) in [6.45, 7) is 8.12. The Bertz CT molecular complexity index is 371. The number of rotatable bonds is 3. The van der Waals surface area contributed by atoms with Gasteiger partial charge in [-0.15, -0.1) is 12.8 Å². The number of carboxylic acids is 1. The lowest BCUT2D eigenvalue weighted by atomic mass is 9.86. The van der Waals surface area contributed by atoms with E-state index < -0.39 is 18.1 Å². The molecule has 0 spiro atoms. The Morgan fingerprint density at radius 3 is 2.25 bits per heavy atom. The summed E-state index contributed by atoms with van der Waals surface area (Å²) in [6.07, 6.45) is 9.52. The molecule has 0 saturated carbocycles. The minimum Gasteiger partial charge on any atom is -0.480 e. The number of nitrogens with two attached hydrogens (primary N) is 1. The van der Waals surface area contributed by atoms with Gasteiger partial charge in [0.2, 0.25) is 5.91 Å². The quantitative estimate of drug-likeness (QED) is 0.765. The lowest BCUT2D eigenvalue weighted by molar-refractivity contribution is -0.151. The van der Waals surface area contributed by atoms with Crippen LogP contribution in [0.2, 0.25) is 0 Å². The summed E-state index contributed by atoms with van der Waals surface area (Å²) in [5.74, 6) is -1.13. The molecule has 1 fully saturated rings. The summed E-state index contributed by atoms with van der Waals surface area (Å²) in [4.78, 5) is 25.1. The predicted octanol–water partition coefficient (Wildman–Crippen LogP) is 1.32. The van der Waals surface area contributed by atoms with Gasteiger partial charge in [-0.05, 0) is 17.8 Å². The van der Waals surface area contributed by atoms with Crippen molar-refractivity contribution in [3.63, 3.8) is 0 Å². The number of hydrogen-bond donors (Lipinski definition) is 2. The number of likely N-dealkylation sites (tertiary alicyclic amines) is 1. The lowest BCUT2D eigenvalue weighted by Gasteiger charge is -2.32. The van der Waals surface area contributed by atoms with Gasteiger partial charge >= 0.3 is 5.97 Å². The Morgan fingerprint density at radius 1 is 1.40 bits per heavy atom. The summed E-state index contributed by atoms with van der Waals surface area (Å²) in [5, 5.41) is 9.28. The molecule has 0 radical (unpaired) electrons. The second kappa shape index (κ2) is 7.30. The topological polar surface area (TPSA) is 83.6 Å². The van der Waals surface area contributed by atoms with E-state index in [1.807, 2.05) is 27.7 Å². The van der Waals surface area contributed by atoms with E-state index in [0.29, 0.717) is 6.54 Å². The predicted molar refractivity (Wildman–Crippen MR) is 78.9 cm³/mol. The van der Waals surface area contributed by atoms with Gasteiger partial charge in [0.15, 0.2) is 0 Å². The lowest BCUT2D eigenvalue weighted by Crippen LogP contribution is -2.54. The Balaban J connectivity index is 0.00000172. The van der Waals surface area contributed by atoms with Crippen molar-refractivity contribution in [2.75, 3.05) is 6.54 Å². The Morgan fingerprint density at radius 2 is 1.90 bits per heavy atom. The van der Waals surface area contributed by atoms with E-state index in [0.717, 1.165) is 12.8 Å². The molecule has 20 heavy (non-hydrogen) atoms. The van der Waals surface area contributed by atoms with Gasteiger partial charge in [-0.1, -0.05) is 34.1 Å². The van der Waals surface area contributed by atoms with Crippen LogP contribution in [0.5, 0.6) is 0 Å². The maximum absolute atomic E-state index is 12.3. The standard InChI is InChI=1S/C13H24N2O3.C2H2/c1-5-8-6-7-15(9(8)12(17)18)11(16)10(14)13(2,3)4;1-2/h8-10H,5-7,14H2,1-4H3,(H,17,18);1-2H/t8?,9-,10?;/m0./s1. The molecule has 1 saturated heterocycles. The molecule has 5 nitrogen and oxygen atoms in total. The fourth-order valence-corrected chi connectivity index (χ4v) is 2.42. The molecule has 2 unspecified atom stereocenters. The zero-order chi connectivity index (χ0) is 16.1. The molecule has 1 aliphatic rings. The number of aliphatic carboxylic acids is 1. The van der Waals surface area contributed by atoms with Crippen molar-refractivity contribution in [1.29, 1.82) is 0 Å². The molecule has 0 aromatic carbocycles. The fourth-order valence-electron chi connectivity index (χ4n) is 2.42. The molecular weight excluding hydrogens is 256 g/mol. The Kier molecular flexibility index (Phi) is 6.74. The van der Waals surface area contributed by atoms with Crippen molar-refractivity contribution in [3.05, 3.63) is 0 Å². The number of hydrogen-bond acceptors (Lipinski definition) is 3. The first kappa shape index (κ1) is 18.5. The summed E-state index contributed by atoms with van der Waals surface area (Å²) >= 11 is 0. The number of amides is 1. The molecule has 0 aromatic rings. The maximum atomic E-state index is 12.3. The molecule has 0 bridgehead atoms. The van der Waals surface area contributed by atoms with Crippen LogP contribution in [0.4, 0.5) is 0 Å². The van der Waals surface area contributed by atoms with Gasteiger partial charge in [-0.2, -0.15) is 0 Å². The monoisotopic (exact) mass is 282 g/mol.